The third kappa shape index (κ3) is 7.38. The van der Waals surface area contributed by atoms with E-state index in [1.807, 2.05) is 18.2 Å². The minimum absolute atomic E-state index is 0.0217. The van der Waals surface area contributed by atoms with Gasteiger partial charge in [-0.05, 0) is 12.0 Å². The van der Waals surface area contributed by atoms with Gasteiger partial charge in [-0.2, -0.15) is 0 Å². The number of nitrogens with one attached hydrogen (secondary N) is 2. The van der Waals surface area contributed by atoms with Crippen LogP contribution in [-0.4, -0.2) is 45.2 Å². The number of benzene rings is 1. The zero-order valence-electron chi connectivity index (χ0n) is 11.8. The highest BCUT2D eigenvalue weighted by Gasteiger charge is 1.99. The summed E-state index contributed by atoms with van der Waals surface area (Å²) in [5.74, 6) is 0.109. The minimum Gasteiger partial charge on any atom is -0.383 e. The van der Waals surface area contributed by atoms with E-state index in [2.05, 4.69) is 27.8 Å². The molecule has 0 bridgehead atoms. The summed E-state index contributed by atoms with van der Waals surface area (Å²) in [6, 6.07) is 10.1. The number of carbonyl (C=O) groups excluding carboxylic acids is 1. The Labute approximate surface area is 119 Å². The standard InChI is InChI=1S/C14H22N4O2/c1-20-10-9-16-13(19)11-18-14(15)17-8-7-12-5-3-2-4-6-12/h2-6H,7-11H2,1H3,(H,16,19)(H3,15,17,18). The summed E-state index contributed by atoms with van der Waals surface area (Å²) in [5, 5.41) is 5.64. The van der Waals surface area contributed by atoms with Gasteiger partial charge in [0.15, 0.2) is 5.96 Å². The maximum atomic E-state index is 11.4. The average molecular weight is 278 g/mol. The number of rotatable bonds is 8. The number of hydrogen-bond donors (Lipinski definition) is 3. The Hall–Kier alpha value is -2.08. The van der Waals surface area contributed by atoms with E-state index in [0.29, 0.717) is 19.7 Å². The van der Waals surface area contributed by atoms with Gasteiger partial charge in [-0.25, -0.2) is 4.99 Å². The van der Waals surface area contributed by atoms with E-state index in [-0.39, 0.29) is 18.4 Å². The van der Waals surface area contributed by atoms with Crippen molar-refractivity contribution in [3.05, 3.63) is 35.9 Å². The lowest BCUT2D eigenvalue weighted by Gasteiger charge is -2.06. The van der Waals surface area contributed by atoms with E-state index in [0.717, 1.165) is 6.42 Å². The lowest BCUT2D eigenvalue weighted by atomic mass is 10.1. The molecule has 0 saturated carbocycles. The van der Waals surface area contributed by atoms with Crippen LogP contribution in [-0.2, 0) is 16.0 Å². The smallest absolute Gasteiger partial charge is 0.241 e. The zero-order chi connectivity index (χ0) is 14.6. The Balaban J connectivity index is 2.16. The van der Waals surface area contributed by atoms with Gasteiger partial charge in [0.1, 0.15) is 6.54 Å². The number of guanidine groups is 1. The lowest BCUT2D eigenvalue weighted by Crippen LogP contribution is -2.35. The van der Waals surface area contributed by atoms with Gasteiger partial charge in [-0.1, -0.05) is 30.3 Å². The lowest BCUT2D eigenvalue weighted by molar-refractivity contribution is -0.119. The molecule has 6 heteroatoms. The van der Waals surface area contributed by atoms with Crippen molar-refractivity contribution in [1.29, 1.82) is 0 Å². The molecule has 110 valence electrons. The first-order valence-corrected chi connectivity index (χ1v) is 6.55. The molecule has 0 saturated heterocycles. The van der Waals surface area contributed by atoms with Crippen LogP contribution in [0, 0.1) is 0 Å². The average Bonchev–Trinajstić information content (AvgIpc) is 2.46. The van der Waals surface area contributed by atoms with Gasteiger partial charge in [-0.15, -0.1) is 0 Å². The quantitative estimate of drug-likeness (QED) is 0.352. The number of nitrogens with two attached hydrogens (primary N) is 1. The summed E-state index contributed by atoms with van der Waals surface area (Å²) in [6.07, 6.45) is 0.858. The van der Waals surface area contributed by atoms with Crippen LogP contribution >= 0.6 is 0 Å². The molecule has 1 aromatic rings. The van der Waals surface area contributed by atoms with Crippen LogP contribution < -0.4 is 16.4 Å². The molecule has 0 spiro atoms. The van der Waals surface area contributed by atoms with Crippen LogP contribution in [0.1, 0.15) is 5.56 Å². The second-order valence-corrected chi connectivity index (χ2v) is 4.21. The molecule has 0 fully saturated rings. The minimum atomic E-state index is -0.171. The summed E-state index contributed by atoms with van der Waals surface area (Å²) < 4.78 is 4.83. The molecule has 4 N–H and O–H groups in total. The Bertz CT molecular complexity index is 420. The SMILES string of the molecule is COCCNC(=O)CN=C(N)NCCc1ccccc1. The van der Waals surface area contributed by atoms with Gasteiger partial charge >= 0.3 is 0 Å². The largest absolute Gasteiger partial charge is 0.383 e. The van der Waals surface area contributed by atoms with E-state index in [1.165, 1.54) is 5.56 Å². The van der Waals surface area contributed by atoms with Crippen molar-refractivity contribution in [3.8, 4) is 0 Å². The highest BCUT2D eigenvalue weighted by molar-refractivity contribution is 5.83. The molecular weight excluding hydrogens is 256 g/mol. The molecule has 20 heavy (non-hydrogen) atoms. The number of methoxy groups -OCH3 is 1. The Kier molecular flexibility index (Phi) is 7.83. The summed E-state index contributed by atoms with van der Waals surface area (Å²) >= 11 is 0. The molecule has 0 aliphatic heterocycles. The zero-order valence-corrected chi connectivity index (χ0v) is 11.8. The molecule has 0 atom stereocenters. The Morgan fingerprint density at radius 3 is 2.70 bits per heavy atom. The van der Waals surface area contributed by atoms with Crippen LogP contribution in [0.15, 0.2) is 35.3 Å². The topological polar surface area (TPSA) is 88.7 Å². The number of nitrogens with zero attached hydrogens (tertiary/aromatic N) is 1. The third-order valence-corrected chi connectivity index (χ3v) is 2.58. The fourth-order valence-electron chi connectivity index (χ4n) is 1.54. The van der Waals surface area contributed by atoms with Crippen LogP contribution in [0.25, 0.3) is 0 Å². The van der Waals surface area contributed by atoms with Gasteiger partial charge in [0.2, 0.25) is 5.91 Å². The van der Waals surface area contributed by atoms with Crippen LogP contribution in [0.5, 0.6) is 0 Å². The normalized spacial score (nSPS) is 11.2. The van der Waals surface area contributed by atoms with Crippen molar-refractivity contribution in [3.63, 3.8) is 0 Å². The predicted octanol–water partition coefficient (Wildman–Crippen LogP) is -0.104. The molecule has 1 amide bonds. The van der Waals surface area contributed by atoms with Gasteiger partial charge in [0.25, 0.3) is 0 Å². The molecular formula is C14H22N4O2. The number of hydrogen-bond acceptors (Lipinski definition) is 3. The highest BCUT2D eigenvalue weighted by atomic mass is 16.5. The summed E-state index contributed by atoms with van der Waals surface area (Å²) in [4.78, 5) is 15.3. The fourth-order valence-corrected chi connectivity index (χ4v) is 1.54. The van der Waals surface area contributed by atoms with E-state index >= 15 is 0 Å². The Morgan fingerprint density at radius 2 is 2.00 bits per heavy atom. The first-order valence-electron chi connectivity index (χ1n) is 6.55. The maximum absolute atomic E-state index is 11.4. The highest BCUT2D eigenvalue weighted by Crippen LogP contribution is 1.97. The van der Waals surface area contributed by atoms with Crippen LogP contribution in [0.4, 0.5) is 0 Å². The van der Waals surface area contributed by atoms with Crippen molar-refractivity contribution in [2.75, 3.05) is 33.4 Å². The molecule has 0 aromatic heterocycles. The Morgan fingerprint density at radius 1 is 1.25 bits per heavy atom. The number of ether oxygens (including phenoxy) is 1. The van der Waals surface area contributed by atoms with Crippen molar-refractivity contribution >= 4 is 11.9 Å². The van der Waals surface area contributed by atoms with Crippen molar-refractivity contribution < 1.29 is 9.53 Å². The maximum Gasteiger partial charge on any atom is 0.241 e. The molecule has 1 rings (SSSR count). The van der Waals surface area contributed by atoms with Crippen molar-refractivity contribution in [1.82, 2.24) is 10.6 Å². The summed E-state index contributed by atoms with van der Waals surface area (Å²) in [5.41, 5.74) is 6.90. The molecule has 0 aliphatic rings. The molecule has 0 heterocycles. The van der Waals surface area contributed by atoms with E-state index in [4.69, 9.17) is 10.5 Å². The number of amides is 1. The number of aliphatic imine (C=N–C) groups is 1. The molecule has 1 aromatic carbocycles. The second-order valence-electron chi connectivity index (χ2n) is 4.21. The number of carbonyl (C=O) groups is 1. The van der Waals surface area contributed by atoms with E-state index in [9.17, 15) is 4.79 Å². The van der Waals surface area contributed by atoms with Crippen molar-refractivity contribution in [2.45, 2.75) is 6.42 Å². The third-order valence-electron chi connectivity index (χ3n) is 2.58. The molecule has 0 radical (unpaired) electrons. The predicted molar refractivity (Wildman–Crippen MR) is 79.5 cm³/mol. The summed E-state index contributed by atoms with van der Waals surface area (Å²) in [6.45, 7) is 1.67. The second kappa shape index (κ2) is 9.80. The van der Waals surface area contributed by atoms with E-state index in [1.54, 1.807) is 7.11 Å². The van der Waals surface area contributed by atoms with Gasteiger partial charge in [0, 0.05) is 20.2 Å². The fraction of sp³-hybridized carbons (Fsp3) is 0.429. The first-order chi connectivity index (χ1) is 9.72. The summed E-state index contributed by atoms with van der Waals surface area (Å²) in [7, 11) is 1.58. The van der Waals surface area contributed by atoms with Crippen LogP contribution in [0.3, 0.4) is 0 Å². The van der Waals surface area contributed by atoms with Gasteiger partial charge < -0.3 is 21.1 Å². The molecule has 0 unspecified atom stereocenters. The monoisotopic (exact) mass is 278 g/mol. The molecule has 0 aliphatic carbocycles. The van der Waals surface area contributed by atoms with Gasteiger partial charge in [-0.3, -0.25) is 4.79 Å². The molecule has 6 nitrogen and oxygen atoms in total. The van der Waals surface area contributed by atoms with E-state index < -0.39 is 0 Å². The van der Waals surface area contributed by atoms with Crippen LogP contribution in [0.2, 0.25) is 0 Å². The van der Waals surface area contributed by atoms with Crippen molar-refractivity contribution in [2.24, 2.45) is 10.7 Å². The van der Waals surface area contributed by atoms with Gasteiger partial charge in [0.05, 0.1) is 6.61 Å². The first kappa shape index (κ1) is 16.0.